The molecule has 1 aliphatic rings. The third-order valence-electron chi connectivity index (χ3n) is 7.33. The second-order valence-electron chi connectivity index (χ2n) is 10.2. The number of halogens is 1. The number of benzene rings is 1. The zero-order chi connectivity index (χ0) is 33.8. The van der Waals surface area contributed by atoms with E-state index in [0.29, 0.717) is 34.8 Å². The first-order valence-corrected chi connectivity index (χ1v) is 15.1. The van der Waals surface area contributed by atoms with Gasteiger partial charge < -0.3 is 24.6 Å². The predicted molar refractivity (Wildman–Crippen MR) is 180 cm³/mol. The third-order valence-corrected chi connectivity index (χ3v) is 7.33. The highest BCUT2D eigenvalue weighted by Crippen LogP contribution is 2.33. The van der Waals surface area contributed by atoms with E-state index in [4.69, 9.17) is 19.3 Å². The molecule has 12 nitrogen and oxygen atoms in total. The molecule has 1 fully saturated rings. The van der Waals surface area contributed by atoms with Gasteiger partial charge in [-0.1, -0.05) is 13.8 Å². The van der Waals surface area contributed by atoms with Crippen molar-refractivity contribution in [1.29, 1.82) is 0 Å². The van der Waals surface area contributed by atoms with Gasteiger partial charge in [0.2, 0.25) is 0 Å². The lowest BCUT2D eigenvalue weighted by Crippen LogP contribution is -2.35. The maximum atomic E-state index is 14.5. The lowest BCUT2D eigenvalue weighted by molar-refractivity contribution is -0.0987. The molecule has 0 saturated carbocycles. The van der Waals surface area contributed by atoms with Crippen molar-refractivity contribution in [3.8, 4) is 33.8 Å². The summed E-state index contributed by atoms with van der Waals surface area (Å²) < 4.78 is 19.9. The summed E-state index contributed by atoms with van der Waals surface area (Å²) in [7, 11) is 1.83. The first-order valence-electron chi connectivity index (χ1n) is 15.1. The largest absolute Gasteiger partial charge is 0.379 e. The molecule has 0 atom stereocenters. The van der Waals surface area contributed by atoms with Gasteiger partial charge >= 0.3 is 0 Å². The molecule has 6 heterocycles. The number of imidazole rings is 1. The van der Waals surface area contributed by atoms with Gasteiger partial charge in [0.1, 0.15) is 25.1 Å². The lowest BCUT2D eigenvalue weighted by atomic mass is 10.0. The Labute approximate surface area is 271 Å². The Kier molecular flexibility index (Phi) is 12.4. The van der Waals surface area contributed by atoms with E-state index < -0.39 is 0 Å². The number of pyridine rings is 3. The number of hydrogen-bond donors (Lipinski definition) is 3. The summed E-state index contributed by atoms with van der Waals surface area (Å²) in [6, 6.07) is 9.20. The molecule has 0 unspecified atom stereocenters. The number of nitrogens with zero attached hydrogens (tertiary/aromatic N) is 6. The molecule has 7 rings (SSSR count). The molecule has 3 N–H and O–H groups in total. The molecule has 1 aliphatic heterocycles. The zero-order valence-electron chi connectivity index (χ0n) is 26.7. The number of carbonyl (C=O) groups excluding carboxylic acids is 2. The van der Waals surface area contributed by atoms with Gasteiger partial charge in [-0.05, 0) is 54.1 Å². The van der Waals surface area contributed by atoms with Crippen LogP contribution in [0.4, 0.5) is 4.39 Å². The number of aromatic nitrogens is 7. The van der Waals surface area contributed by atoms with Crippen LogP contribution >= 0.6 is 0 Å². The smallest absolute Gasteiger partial charge is 0.181 e. The molecular formula is C34H38FN9O3. The van der Waals surface area contributed by atoms with Gasteiger partial charge in [-0.15, -0.1) is 0 Å². The van der Waals surface area contributed by atoms with Crippen LogP contribution in [0.15, 0.2) is 61.3 Å². The molecule has 244 valence electrons. The molecule has 6 aromatic rings. The average molecular weight is 640 g/mol. The van der Waals surface area contributed by atoms with Crippen molar-refractivity contribution in [3.05, 3.63) is 78.3 Å². The summed E-state index contributed by atoms with van der Waals surface area (Å²) in [5, 5.41) is 11.4. The van der Waals surface area contributed by atoms with Crippen LogP contribution in [-0.4, -0.2) is 86.9 Å². The number of morpholine rings is 1. The van der Waals surface area contributed by atoms with Gasteiger partial charge in [0.25, 0.3) is 0 Å². The third kappa shape index (κ3) is 7.95. The van der Waals surface area contributed by atoms with Crippen molar-refractivity contribution in [2.45, 2.75) is 26.9 Å². The monoisotopic (exact) mass is 639 g/mol. The molecule has 0 bridgehead atoms. The van der Waals surface area contributed by atoms with Crippen LogP contribution in [0.1, 0.15) is 25.0 Å². The second kappa shape index (κ2) is 16.9. The molecular weight excluding hydrogens is 601 g/mol. The molecule has 5 aromatic heterocycles. The van der Waals surface area contributed by atoms with E-state index in [1.807, 2.05) is 59.1 Å². The zero-order valence-corrected chi connectivity index (χ0v) is 26.7. The van der Waals surface area contributed by atoms with Gasteiger partial charge in [-0.2, -0.15) is 5.10 Å². The predicted octanol–water partition coefficient (Wildman–Crippen LogP) is 4.97. The van der Waals surface area contributed by atoms with Gasteiger partial charge in [0.15, 0.2) is 11.5 Å². The number of fused-ring (bicyclic) bond motifs is 2. The van der Waals surface area contributed by atoms with E-state index in [9.17, 15) is 4.39 Å². The Bertz CT molecular complexity index is 1900. The normalized spacial score (nSPS) is 12.8. The summed E-state index contributed by atoms with van der Waals surface area (Å²) in [4.78, 5) is 40.1. The minimum Gasteiger partial charge on any atom is -0.379 e. The Morgan fingerprint density at radius 3 is 2.38 bits per heavy atom. The van der Waals surface area contributed by atoms with Crippen molar-refractivity contribution in [1.82, 2.24) is 45.3 Å². The Morgan fingerprint density at radius 2 is 1.62 bits per heavy atom. The van der Waals surface area contributed by atoms with Crippen LogP contribution < -0.4 is 5.32 Å². The fourth-order valence-corrected chi connectivity index (χ4v) is 5.36. The molecule has 47 heavy (non-hydrogen) atoms. The topological polar surface area (TPSA) is 155 Å². The Morgan fingerprint density at radius 1 is 0.894 bits per heavy atom. The van der Waals surface area contributed by atoms with E-state index in [0.717, 1.165) is 71.6 Å². The summed E-state index contributed by atoms with van der Waals surface area (Å²) >= 11 is 0. The second-order valence-corrected chi connectivity index (χ2v) is 10.2. The molecule has 1 saturated heterocycles. The van der Waals surface area contributed by atoms with E-state index in [1.165, 1.54) is 12.1 Å². The van der Waals surface area contributed by atoms with E-state index in [-0.39, 0.29) is 5.82 Å². The molecule has 0 spiro atoms. The first-order chi connectivity index (χ1) is 23.1. The molecule has 13 heteroatoms. The fraction of sp³-hybridized carbons (Fsp3) is 0.265. The minimum absolute atomic E-state index is 0.304. The summed E-state index contributed by atoms with van der Waals surface area (Å²) in [5.41, 5.74) is 8.10. The molecule has 0 aliphatic carbocycles. The van der Waals surface area contributed by atoms with Crippen LogP contribution in [0.25, 0.3) is 55.8 Å². The van der Waals surface area contributed by atoms with E-state index in [1.54, 1.807) is 12.4 Å². The molecule has 1 aromatic carbocycles. The van der Waals surface area contributed by atoms with Crippen LogP contribution in [0, 0.1) is 5.82 Å². The lowest BCUT2D eigenvalue weighted by Gasteiger charge is -2.26. The van der Waals surface area contributed by atoms with Gasteiger partial charge in [0.05, 0.1) is 35.8 Å². The Balaban J connectivity index is 0.000000790. The van der Waals surface area contributed by atoms with Crippen molar-refractivity contribution in [2.24, 2.45) is 0 Å². The summed E-state index contributed by atoms with van der Waals surface area (Å²) in [6.45, 7) is 12.7. The number of aromatic amines is 2. The van der Waals surface area contributed by atoms with Crippen LogP contribution in [0.5, 0.6) is 0 Å². The van der Waals surface area contributed by atoms with Gasteiger partial charge in [-0.3, -0.25) is 20.0 Å². The highest BCUT2D eigenvalue weighted by Gasteiger charge is 2.18. The highest BCUT2D eigenvalue weighted by atomic mass is 19.1. The van der Waals surface area contributed by atoms with Crippen molar-refractivity contribution >= 4 is 35.6 Å². The van der Waals surface area contributed by atoms with Crippen LogP contribution in [0.3, 0.4) is 0 Å². The maximum absolute atomic E-state index is 14.5. The van der Waals surface area contributed by atoms with E-state index >= 15 is 0 Å². The average Bonchev–Trinajstić information content (AvgIpc) is 3.75. The Hall–Kier alpha value is -5.24. The number of H-pyrrole nitrogens is 2. The SMILES string of the molecule is C=O.C=O.CC.CNCc1cc(F)cc(-c2cncc3[nH]c(-c4[nH]nc5ncc(-c6cncc(CN7CCOCC7)c6)cc45)nc23)c1. The van der Waals surface area contributed by atoms with Crippen molar-refractivity contribution < 1.29 is 18.7 Å². The molecule has 0 amide bonds. The number of nitrogens with one attached hydrogen (secondary N) is 3. The summed E-state index contributed by atoms with van der Waals surface area (Å²) in [6.07, 6.45) is 9.01. The van der Waals surface area contributed by atoms with Gasteiger partial charge in [0, 0.05) is 67.7 Å². The van der Waals surface area contributed by atoms with Crippen molar-refractivity contribution in [2.75, 3.05) is 33.4 Å². The standard InChI is InChI=1S/C30H28FN9O.C2H6.2CH2O/c1-32-11-18-6-20(9-23(31)8-18)25-15-34-16-26-27(25)37-30(36-26)28-24-10-22(14-35-29(24)39-38-28)21-7-19(12-33-13-21)17-40-2-4-41-5-3-40;3*1-2/h6-10,12-16,32H,2-5,11,17H2,1H3,(H,36,37)(H,35,38,39);1-2H3;2*1H2. The maximum Gasteiger partial charge on any atom is 0.181 e. The highest BCUT2D eigenvalue weighted by molar-refractivity contribution is 5.96. The molecule has 0 radical (unpaired) electrons. The number of hydrogen-bond acceptors (Lipinski definition) is 10. The van der Waals surface area contributed by atoms with Crippen LogP contribution in [-0.2, 0) is 27.4 Å². The van der Waals surface area contributed by atoms with E-state index in [2.05, 4.69) is 52.5 Å². The van der Waals surface area contributed by atoms with Crippen LogP contribution in [0.2, 0.25) is 0 Å². The van der Waals surface area contributed by atoms with Gasteiger partial charge in [-0.25, -0.2) is 14.4 Å². The number of ether oxygens (including phenoxy) is 1. The fourth-order valence-electron chi connectivity index (χ4n) is 5.36. The first kappa shape index (κ1) is 34.6. The minimum atomic E-state index is -0.304. The number of carbonyl (C=O) groups is 2. The number of rotatable bonds is 7. The quantitative estimate of drug-likeness (QED) is 0.218. The summed E-state index contributed by atoms with van der Waals surface area (Å²) in [5.74, 6) is 0.295. The van der Waals surface area contributed by atoms with Crippen molar-refractivity contribution in [3.63, 3.8) is 0 Å².